The molecule has 1 fully saturated rings. The maximum absolute atomic E-state index is 13.7. The second-order valence-corrected chi connectivity index (χ2v) is 9.81. The summed E-state index contributed by atoms with van der Waals surface area (Å²) in [6.45, 7) is 3.57. The molecule has 6 nitrogen and oxygen atoms in total. The summed E-state index contributed by atoms with van der Waals surface area (Å²) in [4.78, 5) is 15.9. The van der Waals surface area contributed by atoms with Crippen molar-refractivity contribution in [2.75, 3.05) is 13.1 Å². The number of halogens is 2. The van der Waals surface area contributed by atoms with Gasteiger partial charge in [-0.15, -0.1) is 12.8 Å². The Hall–Kier alpha value is -3.80. The Kier molecular flexibility index (Phi) is 7.41. The molecule has 0 amide bonds. The number of aromatic nitrogens is 4. The van der Waals surface area contributed by atoms with Gasteiger partial charge in [0.1, 0.15) is 11.6 Å². The zero-order valence-corrected chi connectivity index (χ0v) is 21.5. The van der Waals surface area contributed by atoms with Crippen LogP contribution in [-0.2, 0) is 19.4 Å². The van der Waals surface area contributed by atoms with Gasteiger partial charge in [-0.3, -0.25) is 0 Å². The predicted octanol–water partition coefficient (Wildman–Crippen LogP) is 5.65. The number of nitrogens with one attached hydrogen (secondary N) is 4. The molecule has 1 aliphatic heterocycles. The Morgan fingerprint density at radius 3 is 2.53 bits per heavy atom. The maximum atomic E-state index is 13.7. The molecule has 2 aromatic heterocycles. The predicted molar refractivity (Wildman–Crippen MR) is 147 cm³/mol. The number of aromatic amines is 2. The van der Waals surface area contributed by atoms with Crippen LogP contribution >= 0.6 is 0 Å². The fourth-order valence-corrected chi connectivity index (χ4v) is 5.20. The van der Waals surface area contributed by atoms with E-state index in [9.17, 15) is 8.78 Å². The molecule has 1 aliphatic carbocycles. The van der Waals surface area contributed by atoms with Gasteiger partial charge in [-0.2, -0.15) is 0 Å². The highest BCUT2D eigenvalue weighted by Gasteiger charge is 2.41. The lowest BCUT2D eigenvalue weighted by molar-refractivity contribution is 0.0208. The van der Waals surface area contributed by atoms with Gasteiger partial charge in [-0.25, -0.2) is 18.7 Å². The van der Waals surface area contributed by atoms with E-state index in [1.807, 2.05) is 6.20 Å². The first-order valence-electron chi connectivity index (χ1n) is 13.0. The molecule has 1 atom stereocenters. The first kappa shape index (κ1) is 25.8. The Bertz CT molecular complexity index is 1420. The number of aryl methyl sites for hydroxylation is 2. The molecule has 1 saturated heterocycles. The van der Waals surface area contributed by atoms with Gasteiger partial charge in [0.15, 0.2) is 0 Å². The van der Waals surface area contributed by atoms with Crippen molar-refractivity contribution in [3.05, 3.63) is 71.6 Å². The summed E-state index contributed by atoms with van der Waals surface area (Å²) in [5.74, 6) is -1.12. The Balaban J connectivity index is 0.00000144. The summed E-state index contributed by atoms with van der Waals surface area (Å²) < 4.78 is 27.4. The largest absolute Gasteiger partial charge is 0.344 e. The highest BCUT2D eigenvalue weighted by Crippen LogP contribution is 2.38. The van der Waals surface area contributed by atoms with E-state index in [1.165, 1.54) is 5.56 Å². The van der Waals surface area contributed by atoms with E-state index in [4.69, 9.17) is 4.98 Å². The van der Waals surface area contributed by atoms with Gasteiger partial charge in [-0.05, 0) is 48.1 Å². The van der Waals surface area contributed by atoms with E-state index in [0.717, 1.165) is 77.5 Å². The molecule has 4 N–H and O–H groups in total. The van der Waals surface area contributed by atoms with Crippen molar-refractivity contribution in [2.45, 2.75) is 51.1 Å². The molecule has 6 rings (SSSR count). The van der Waals surface area contributed by atoms with Gasteiger partial charge in [0.25, 0.3) is 5.92 Å². The van der Waals surface area contributed by atoms with Crippen LogP contribution in [0.15, 0.2) is 48.7 Å². The molecular weight excluding hydrogens is 482 g/mol. The van der Waals surface area contributed by atoms with E-state index in [2.05, 4.69) is 87.8 Å². The molecule has 8 heteroatoms. The third-order valence-corrected chi connectivity index (χ3v) is 7.12. The van der Waals surface area contributed by atoms with E-state index in [1.54, 1.807) is 0 Å². The van der Waals surface area contributed by atoms with Crippen LogP contribution in [0.4, 0.5) is 8.78 Å². The molecule has 0 radical (unpaired) electrons. The molecule has 0 spiro atoms. The summed E-state index contributed by atoms with van der Waals surface area (Å²) in [5.41, 5.74) is 8.68. The first-order valence-corrected chi connectivity index (χ1v) is 13.0. The number of benzene rings is 2. The molecule has 4 aromatic rings. The van der Waals surface area contributed by atoms with Crippen LogP contribution in [0.25, 0.3) is 33.6 Å². The molecule has 0 unspecified atom stereocenters. The van der Waals surface area contributed by atoms with Crippen LogP contribution in [-0.4, -0.2) is 38.9 Å². The van der Waals surface area contributed by atoms with Crippen molar-refractivity contribution in [3.63, 3.8) is 0 Å². The van der Waals surface area contributed by atoms with Gasteiger partial charge in [0, 0.05) is 17.7 Å². The second-order valence-electron chi connectivity index (χ2n) is 9.81. The standard InChI is InChI=1S/C28H30F2N6.C2H2/c1-2-11-31-15-25-32-14-24(34-25)18-5-3-17(4-6-18)19-7-9-21-20(12-19)8-10-22-26(21)36-27(35-22)23-13-28(29,30)16-33-23;1-2/h3-7,9,12,14,23,31,33H,2,8,10-11,13,15-16H2,1H3,(H,32,34)(H,35,36);1-2H/t23-;/m0./s1. The lowest BCUT2D eigenvalue weighted by Crippen LogP contribution is -2.19. The number of rotatable bonds is 7. The molecule has 38 heavy (non-hydrogen) atoms. The van der Waals surface area contributed by atoms with Crippen molar-refractivity contribution in [3.8, 4) is 46.5 Å². The van der Waals surface area contributed by atoms with Crippen LogP contribution in [0.1, 0.15) is 48.7 Å². The quantitative estimate of drug-likeness (QED) is 0.190. The lowest BCUT2D eigenvalue weighted by Gasteiger charge is -2.16. The van der Waals surface area contributed by atoms with E-state index < -0.39 is 12.0 Å². The number of alkyl halides is 2. The minimum absolute atomic E-state index is 0.212. The molecule has 196 valence electrons. The van der Waals surface area contributed by atoms with Crippen LogP contribution in [0.5, 0.6) is 0 Å². The maximum Gasteiger partial charge on any atom is 0.262 e. The summed E-state index contributed by atoms with van der Waals surface area (Å²) >= 11 is 0. The smallest absolute Gasteiger partial charge is 0.262 e. The second kappa shape index (κ2) is 10.9. The van der Waals surface area contributed by atoms with Gasteiger partial charge in [0.2, 0.25) is 0 Å². The van der Waals surface area contributed by atoms with Crippen molar-refractivity contribution in [1.29, 1.82) is 0 Å². The Labute approximate surface area is 221 Å². The number of imidazole rings is 2. The molecule has 0 bridgehead atoms. The fourth-order valence-electron chi connectivity index (χ4n) is 5.20. The van der Waals surface area contributed by atoms with E-state index >= 15 is 0 Å². The normalized spacial score (nSPS) is 17.3. The van der Waals surface area contributed by atoms with Crippen LogP contribution in [0.2, 0.25) is 0 Å². The lowest BCUT2D eigenvalue weighted by atomic mass is 9.89. The number of H-pyrrole nitrogens is 2. The highest BCUT2D eigenvalue weighted by atomic mass is 19.3. The third kappa shape index (κ3) is 5.26. The summed E-state index contributed by atoms with van der Waals surface area (Å²) in [6.07, 6.45) is 12.5. The fraction of sp³-hybridized carbons (Fsp3) is 0.333. The zero-order chi connectivity index (χ0) is 26.7. The van der Waals surface area contributed by atoms with Crippen molar-refractivity contribution in [1.82, 2.24) is 30.6 Å². The highest BCUT2D eigenvalue weighted by molar-refractivity contribution is 5.76. The van der Waals surface area contributed by atoms with Crippen LogP contribution < -0.4 is 10.6 Å². The molecule has 0 saturated carbocycles. The van der Waals surface area contributed by atoms with Gasteiger partial charge in [0.05, 0.1) is 36.7 Å². The minimum Gasteiger partial charge on any atom is -0.344 e. The SMILES string of the molecule is C#C.CCCNCc1ncc(-c2ccc(-c3ccc4c(c3)CCc3[nH]c([C@@H]5CC(F)(F)CN5)nc3-4)cc2)[nH]1. The molecule has 3 heterocycles. The average molecular weight is 515 g/mol. The van der Waals surface area contributed by atoms with Crippen molar-refractivity contribution in [2.24, 2.45) is 0 Å². The number of nitrogens with zero attached hydrogens (tertiary/aromatic N) is 2. The zero-order valence-electron chi connectivity index (χ0n) is 21.5. The number of hydrogen-bond donors (Lipinski definition) is 4. The Morgan fingerprint density at radius 1 is 1.03 bits per heavy atom. The number of hydrogen-bond acceptors (Lipinski definition) is 4. The van der Waals surface area contributed by atoms with Crippen molar-refractivity contribution >= 4 is 0 Å². The number of fused-ring (bicyclic) bond motifs is 3. The summed E-state index contributed by atoms with van der Waals surface area (Å²) in [7, 11) is 0. The molecular formula is C30H32F2N6. The monoisotopic (exact) mass is 514 g/mol. The molecule has 2 aliphatic rings. The molecule has 2 aromatic carbocycles. The van der Waals surface area contributed by atoms with Crippen LogP contribution in [0.3, 0.4) is 0 Å². The van der Waals surface area contributed by atoms with Crippen LogP contribution in [0, 0.1) is 12.8 Å². The van der Waals surface area contributed by atoms with Gasteiger partial charge in [-0.1, -0.05) is 49.4 Å². The summed E-state index contributed by atoms with van der Waals surface area (Å²) in [5, 5.41) is 6.27. The topological polar surface area (TPSA) is 81.4 Å². The van der Waals surface area contributed by atoms with Crippen molar-refractivity contribution < 1.29 is 8.78 Å². The Morgan fingerprint density at radius 2 is 1.79 bits per heavy atom. The van der Waals surface area contributed by atoms with E-state index in [-0.39, 0.29) is 13.0 Å². The number of terminal acetylenes is 1. The average Bonchev–Trinajstić information content (AvgIpc) is 3.68. The summed E-state index contributed by atoms with van der Waals surface area (Å²) in [6, 6.07) is 14.6. The third-order valence-electron chi connectivity index (χ3n) is 7.12. The first-order chi connectivity index (χ1) is 18.5. The minimum atomic E-state index is -2.67. The van der Waals surface area contributed by atoms with E-state index in [0.29, 0.717) is 5.82 Å². The van der Waals surface area contributed by atoms with Gasteiger partial charge < -0.3 is 20.6 Å². The van der Waals surface area contributed by atoms with Gasteiger partial charge >= 0.3 is 0 Å².